The van der Waals surface area contributed by atoms with Crippen LogP contribution in [0, 0.1) is 10.1 Å². The monoisotopic (exact) mass is 368 g/mol. The van der Waals surface area contributed by atoms with Gasteiger partial charge in [0.05, 0.1) is 25.2 Å². The largest absolute Gasteiger partial charge is 0.493 e. The summed E-state index contributed by atoms with van der Waals surface area (Å²) in [5, 5.41) is 14.9. The summed E-state index contributed by atoms with van der Waals surface area (Å²) in [4.78, 5) is 10.9. The lowest BCUT2D eigenvalue weighted by molar-refractivity contribution is -0.384. The number of nitrogens with one attached hydrogen (secondary N) is 1. The maximum atomic E-state index is 11.2. The number of benzene rings is 2. The van der Waals surface area contributed by atoms with Gasteiger partial charge in [0.1, 0.15) is 0 Å². The molecule has 0 amide bonds. The molecule has 4 rings (SSSR count). The molecule has 1 N–H and O–H groups in total. The summed E-state index contributed by atoms with van der Waals surface area (Å²) in [5.74, 6) is 1.42. The van der Waals surface area contributed by atoms with Gasteiger partial charge in [-0.1, -0.05) is 25.0 Å². The minimum Gasteiger partial charge on any atom is -0.493 e. The number of methoxy groups -OCH3 is 2. The Morgan fingerprint density at radius 1 is 1.11 bits per heavy atom. The number of nitro groups is 1. The zero-order valence-electron chi connectivity index (χ0n) is 15.7. The fourth-order valence-electron chi connectivity index (χ4n) is 4.71. The van der Waals surface area contributed by atoms with E-state index in [2.05, 4.69) is 11.4 Å². The Balaban J connectivity index is 1.87. The van der Waals surface area contributed by atoms with Crippen LogP contribution >= 0.6 is 0 Å². The molecule has 2 aliphatic rings. The van der Waals surface area contributed by atoms with Crippen molar-refractivity contribution in [3.05, 3.63) is 63.2 Å². The second kappa shape index (κ2) is 6.85. The summed E-state index contributed by atoms with van der Waals surface area (Å²) < 4.78 is 11.1. The first kappa shape index (κ1) is 17.8. The number of ether oxygens (including phenoxy) is 2. The lowest BCUT2D eigenvalue weighted by Gasteiger charge is -2.41. The summed E-state index contributed by atoms with van der Waals surface area (Å²) in [6.45, 7) is 0.864. The molecular formula is C21H24N2O4. The topological polar surface area (TPSA) is 73.6 Å². The van der Waals surface area contributed by atoms with Crippen LogP contribution in [0.1, 0.15) is 48.4 Å². The molecule has 0 radical (unpaired) electrons. The van der Waals surface area contributed by atoms with E-state index < -0.39 is 0 Å². The van der Waals surface area contributed by atoms with E-state index in [4.69, 9.17) is 9.47 Å². The maximum absolute atomic E-state index is 11.2. The van der Waals surface area contributed by atoms with Crippen molar-refractivity contribution in [1.29, 1.82) is 0 Å². The first-order valence-electron chi connectivity index (χ1n) is 9.32. The van der Waals surface area contributed by atoms with Crippen LogP contribution in [0.3, 0.4) is 0 Å². The quantitative estimate of drug-likeness (QED) is 0.649. The van der Waals surface area contributed by atoms with E-state index in [1.807, 2.05) is 12.1 Å². The number of hydrogen-bond donors (Lipinski definition) is 1. The number of fused-ring (bicyclic) bond motifs is 2. The second-order valence-corrected chi connectivity index (χ2v) is 7.45. The molecule has 27 heavy (non-hydrogen) atoms. The number of nitrogens with zero attached hydrogens (tertiary/aromatic N) is 1. The third-order valence-corrected chi connectivity index (χ3v) is 6.06. The van der Waals surface area contributed by atoms with Crippen LogP contribution in [0.4, 0.5) is 5.69 Å². The van der Waals surface area contributed by atoms with Gasteiger partial charge in [0.25, 0.3) is 5.69 Å². The summed E-state index contributed by atoms with van der Waals surface area (Å²) in [5.41, 5.74) is 3.52. The summed E-state index contributed by atoms with van der Waals surface area (Å²) in [6, 6.07) is 10.9. The van der Waals surface area contributed by atoms with Crippen LogP contribution in [0.15, 0.2) is 36.4 Å². The van der Waals surface area contributed by atoms with Gasteiger partial charge in [-0.2, -0.15) is 0 Å². The average molecular weight is 368 g/mol. The molecule has 2 aromatic rings. The van der Waals surface area contributed by atoms with Crippen molar-refractivity contribution in [3.63, 3.8) is 0 Å². The highest BCUT2D eigenvalue weighted by atomic mass is 16.6. The predicted octanol–water partition coefficient (Wildman–Crippen LogP) is 4.12. The molecular weight excluding hydrogens is 344 g/mol. The lowest BCUT2D eigenvalue weighted by atomic mass is 9.71. The number of nitro benzene ring substituents is 1. The standard InChI is InChI=1S/C21H24N2O4/c1-26-18-11-16-17(12-19(18)27-2)21(8-3-4-9-21)13-22-20(16)14-6-5-7-15(10-14)23(24)25/h5-7,10-12,20,22H,3-4,8-9,13H2,1-2H3/t20-/m1/s1. The van der Waals surface area contributed by atoms with E-state index in [-0.39, 0.29) is 22.1 Å². The van der Waals surface area contributed by atoms with Crippen LogP contribution < -0.4 is 14.8 Å². The van der Waals surface area contributed by atoms with Gasteiger partial charge in [-0.3, -0.25) is 10.1 Å². The van der Waals surface area contributed by atoms with Crippen molar-refractivity contribution in [2.75, 3.05) is 20.8 Å². The van der Waals surface area contributed by atoms with E-state index in [1.165, 1.54) is 24.5 Å². The van der Waals surface area contributed by atoms with Gasteiger partial charge >= 0.3 is 0 Å². The van der Waals surface area contributed by atoms with E-state index >= 15 is 0 Å². The smallest absolute Gasteiger partial charge is 0.269 e. The fourth-order valence-corrected chi connectivity index (χ4v) is 4.71. The number of non-ortho nitro benzene ring substituents is 1. The van der Waals surface area contributed by atoms with Crippen LogP contribution in [0.5, 0.6) is 11.5 Å². The number of rotatable bonds is 4. The highest BCUT2D eigenvalue weighted by Crippen LogP contribution is 2.50. The Morgan fingerprint density at radius 3 is 2.48 bits per heavy atom. The minimum absolute atomic E-state index is 0.103. The summed E-state index contributed by atoms with van der Waals surface area (Å²) in [6.07, 6.45) is 4.72. The Morgan fingerprint density at radius 2 is 1.81 bits per heavy atom. The SMILES string of the molecule is COc1cc2c(cc1OC)C1(CCCC1)CN[C@@H]2c1cccc([N+](=O)[O-])c1. The molecule has 2 aromatic carbocycles. The molecule has 0 saturated heterocycles. The molecule has 6 heteroatoms. The highest BCUT2D eigenvalue weighted by molar-refractivity contribution is 5.55. The Bertz CT molecular complexity index is 874. The van der Waals surface area contributed by atoms with Crippen LogP contribution in [0.25, 0.3) is 0 Å². The van der Waals surface area contributed by atoms with Gasteiger partial charge in [0, 0.05) is 24.1 Å². The van der Waals surface area contributed by atoms with Gasteiger partial charge in [-0.25, -0.2) is 0 Å². The zero-order valence-corrected chi connectivity index (χ0v) is 15.7. The minimum atomic E-state index is -0.347. The van der Waals surface area contributed by atoms with Crippen molar-refractivity contribution in [3.8, 4) is 11.5 Å². The van der Waals surface area contributed by atoms with Crippen LogP contribution in [0.2, 0.25) is 0 Å². The maximum Gasteiger partial charge on any atom is 0.269 e. The molecule has 0 aromatic heterocycles. The molecule has 6 nitrogen and oxygen atoms in total. The van der Waals surface area contributed by atoms with E-state index in [1.54, 1.807) is 26.4 Å². The van der Waals surface area contributed by atoms with Crippen LogP contribution in [-0.4, -0.2) is 25.7 Å². The highest BCUT2D eigenvalue weighted by Gasteiger charge is 2.43. The molecule has 1 spiro atoms. The predicted molar refractivity (Wildman–Crippen MR) is 103 cm³/mol. The Kier molecular flexibility index (Phi) is 4.52. The third-order valence-electron chi connectivity index (χ3n) is 6.06. The molecule has 1 aliphatic heterocycles. The van der Waals surface area contributed by atoms with Crippen molar-refractivity contribution >= 4 is 5.69 Å². The van der Waals surface area contributed by atoms with Gasteiger partial charge in [0.15, 0.2) is 11.5 Å². The van der Waals surface area contributed by atoms with Crippen molar-refractivity contribution in [1.82, 2.24) is 5.32 Å². The molecule has 1 aliphatic carbocycles. The van der Waals surface area contributed by atoms with E-state index in [9.17, 15) is 10.1 Å². The zero-order chi connectivity index (χ0) is 19.0. The second-order valence-electron chi connectivity index (χ2n) is 7.45. The third kappa shape index (κ3) is 2.94. The van der Waals surface area contributed by atoms with Crippen LogP contribution in [-0.2, 0) is 5.41 Å². The average Bonchev–Trinajstić information content (AvgIpc) is 3.16. The summed E-state index contributed by atoms with van der Waals surface area (Å²) >= 11 is 0. The molecule has 1 atom stereocenters. The van der Waals surface area contributed by atoms with Crippen molar-refractivity contribution < 1.29 is 14.4 Å². The first-order valence-corrected chi connectivity index (χ1v) is 9.32. The molecule has 1 saturated carbocycles. The molecule has 0 unspecified atom stereocenters. The Hall–Kier alpha value is -2.60. The molecule has 0 bridgehead atoms. The Labute approximate surface area is 158 Å². The van der Waals surface area contributed by atoms with Gasteiger partial charge in [-0.05, 0) is 41.7 Å². The van der Waals surface area contributed by atoms with Crippen molar-refractivity contribution in [2.24, 2.45) is 0 Å². The molecule has 1 heterocycles. The van der Waals surface area contributed by atoms with Gasteiger partial charge < -0.3 is 14.8 Å². The number of hydrogen-bond acceptors (Lipinski definition) is 5. The van der Waals surface area contributed by atoms with E-state index in [0.29, 0.717) is 5.75 Å². The molecule has 1 fully saturated rings. The normalized spacial score (nSPS) is 20.3. The molecule has 142 valence electrons. The van der Waals surface area contributed by atoms with Crippen molar-refractivity contribution in [2.45, 2.75) is 37.1 Å². The fraction of sp³-hybridized carbons (Fsp3) is 0.429. The van der Waals surface area contributed by atoms with Gasteiger partial charge in [0.2, 0.25) is 0 Å². The van der Waals surface area contributed by atoms with Gasteiger partial charge in [-0.15, -0.1) is 0 Å². The summed E-state index contributed by atoms with van der Waals surface area (Å²) in [7, 11) is 3.29. The first-order chi connectivity index (χ1) is 13.1. The van der Waals surface area contributed by atoms with E-state index in [0.717, 1.165) is 36.3 Å². The lowest BCUT2D eigenvalue weighted by Crippen LogP contribution is -2.44.